The predicted molar refractivity (Wildman–Crippen MR) is 136 cm³/mol. The Kier molecular flexibility index (Phi) is 6.18. The molecule has 7 nitrogen and oxygen atoms in total. The summed E-state index contributed by atoms with van der Waals surface area (Å²) in [5.74, 6) is -1.07. The first-order valence-electron chi connectivity index (χ1n) is 12.7. The molecule has 0 bridgehead atoms. The zero-order valence-electron chi connectivity index (χ0n) is 21.2. The molecule has 0 N–H and O–H groups in total. The molecule has 1 aliphatic carbocycles. The van der Waals surface area contributed by atoms with Crippen LogP contribution in [0.25, 0.3) is 0 Å². The van der Waals surface area contributed by atoms with E-state index in [-0.39, 0.29) is 42.5 Å². The van der Waals surface area contributed by atoms with Gasteiger partial charge in [-0.15, -0.1) is 0 Å². The molecule has 7 heteroatoms. The van der Waals surface area contributed by atoms with Gasteiger partial charge in [-0.1, -0.05) is 13.0 Å². The Morgan fingerprint density at radius 3 is 2.31 bits per heavy atom. The van der Waals surface area contributed by atoms with Crippen molar-refractivity contribution < 1.29 is 23.9 Å². The van der Waals surface area contributed by atoms with Gasteiger partial charge in [0.1, 0.15) is 5.75 Å². The molecule has 36 heavy (non-hydrogen) atoms. The van der Waals surface area contributed by atoms with E-state index in [1.807, 2.05) is 32.0 Å². The zero-order valence-corrected chi connectivity index (χ0v) is 21.2. The number of hydrogen-bond donors (Lipinski definition) is 0. The van der Waals surface area contributed by atoms with Gasteiger partial charge in [0.25, 0.3) is 0 Å². The number of nitrogens with zero attached hydrogens (tertiary/aromatic N) is 2. The van der Waals surface area contributed by atoms with E-state index in [1.165, 1.54) is 4.90 Å². The van der Waals surface area contributed by atoms with Gasteiger partial charge in [-0.05, 0) is 93.0 Å². The van der Waals surface area contributed by atoms with Crippen LogP contribution >= 0.6 is 0 Å². The van der Waals surface area contributed by atoms with Gasteiger partial charge < -0.3 is 9.64 Å². The lowest BCUT2D eigenvalue weighted by Crippen LogP contribution is -2.31. The van der Waals surface area contributed by atoms with Crippen LogP contribution in [-0.2, 0) is 19.2 Å². The van der Waals surface area contributed by atoms with Gasteiger partial charge in [-0.3, -0.25) is 19.2 Å². The third-order valence-corrected chi connectivity index (χ3v) is 7.79. The second kappa shape index (κ2) is 9.19. The fourth-order valence-electron chi connectivity index (χ4n) is 5.99. The molecule has 2 saturated heterocycles. The summed E-state index contributed by atoms with van der Waals surface area (Å²) in [4.78, 5) is 54.7. The van der Waals surface area contributed by atoms with Crippen molar-refractivity contribution in [1.29, 1.82) is 0 Å². The number of carbonyl (C=O) groups excluding carboxylic acids is 4. The molecule has 1 saturated carbocycles. The molecule has 0 spiro atoms. The summed E-state index contributed by atoms with van der Waals surface area (Å²) >= 11 is 0. The minimum absolute atomic E-state index is 0.0981. The molecular formula is C29H32N2O5. The van der Waals surface area contributed by atoms with Crippen LogP contribution in [0.15, 0.2) is 36.4 Å². The van der Waals surface area contributed by atoms with Crippen molar-refractivity contribution >= 4 is 35.1 Å². The average Bonchev–Trinajstić information content (AvgIpc) is 3.31. The number of rotatable bonds is 4. The normalized spacial score (nSPS) is 25.9. The average molecular weight is 489 g/mol. The molecule has 0 aromatic heterocycles. The molecule has 2 aromatic rings. The molecule has 3 fully saturated rings. The van der Waals surface area contributed by atoms with Crippen LogP contribution in [-0.4, -0.2) is 30.2 Å². The van der Waals surface area contributed by atoms with Crippen LogP contribution in [0.3, 0.4) is 0 Å². The molecule has 2 aliphatic heterocycles. The summed E-state index contributed by atoms with van der Waals surface area (Å²) < 4.78 is 5.63. The molecule has 2 aromatic carbocycles. The number of imide groups is 1. The Morgan fingerprint density at radius 2 is 1.61 bits per heavy atom. The monoisotopic (exact) mass is 488 g/mol. The second-order valence-corrected chi connectivity index (χ2v) is 10.8. The molecule has 4 atom stereocenters. The van der Waals surface area contributed by atoms with Crippen LogP contribution in [0.1, 0.15) is 49.3 Å². The number of ether oxygens (including phenoxy) is 1. The maximum Gasteiger partial charge on any atom is 0.316 e. The van der Waals surface area contributed by atoms with E-state index >= 15 is 0 Å². The van der Waals surface area contributed by atoms with E-state index in [9.17, 15) is 19.2 Å². The number of carbonyl (C=O) groups is 4. The van der Waals surface area contributed by atoms with Gasteiger partial charge >= 0.3 is 5.97 Å². The summed E-state index contributed by atoms with van der Waals surface area (Å²) in [6.45, 7) is 8.16. The van der Waals surface area contributed by atoms with Crippen molar-refractivity contribution in [3.8, 4) is 5.75 Å². The van der Waals surface area contributed by atoms with Crippen molar-refractivity contribution in [3.63, 3.8) is 0 Å². The highest BCUT2D eigenvalue weighted by molar-refractivity contribution is 6.22. The third-order valence-electron chi connectivity index (χ3n) is 7.79. The number of fused-ring (bicyclic) bond motifs is 1. The molecule has 0 unspecified atom stereocenters. The zero-order chi connectivity index (χ0) is 25.7. The molecule has 3 aliphatic rings. The number of benzene rings is 2. The van der Waals surface area contributed by atoms with Gasteiger partial charge in [0.05, 0.1) is 23.4 Å². The molecule has 3 amide bonds. The van der Waals surface area contributed by atoms with Crippen LogP contribution < -0.4 is 14.5 Å². The van der Waals surface area contributed by atoms with Gasteiger partial charge in [-0.2, -0.15) is 0 Å². The Bertz CT molecular complexity index is 1250. The van der Waals surface area contributed by atoms with E-state index in [4.69, 9.17) is 4.74 Å². The van der Waals surface area contributed by atoms with E-state index in [0.717, 1.165) is 36.1 Å². The van der Waals surface area contributed by atoms with Gasteiger partial charge in [0.2, 0.25) is 17.7 Å². The maximum atomic E-state index is 13.1. The Labute approximate surface area is 211 Å². The highest BCUT2D eigenvalue weighted by Gasteiger charge is 2.50. The minimum Gasteiger partial charge on any atom is -0.426 e. The number of esters is 1. The van der Waals surface area contributed by atoms with Crippen molar-refractivity contribution in [1.82, 2.24) is 0 Å². The van der Waals surface area contributed by atoms with E-state index < -0.39 is 11.9 Å². The summed E-state index contributed by atoms with van der Waals surface area (Å²) in [6.07, 6.45) is 2.56. The Balaban J connectivity index is 1.28. The number of amides is 3. The summed E-state index contributed by atoms with van der Waals surface area (Å²) in [6, 6.07) is 10.9. The third kappa shape index (κ3) is 4.31. The lowest BCUT2D eigenvalue weighted by atomic mass is 9.76. The van der Waals surface area contributed by atoms with Crippen molar-refractivity contribution in [2.45, 2.75) is 53.4 Å². The molecule has 5 rings (SSSR count). The molecule has 0 radical (unpaired) electrons. The minimum atomic E-state index is -0.565. The Hall–Kier alpha value is -3.48. The van der Waals surface area contributed by atoms with E-state index in [0.29, 0.717) is 22.9 Å². The van der Waals surface area contributed by atoms with Gasteiger partial charge in [0.15, 0.2) is 0 Å². The first-order chi connectivity index (χ1) is 17.1. The van der Waals surface area contributed by atoms with E-state index in [2.05, 4.69) is 6.92 Å². The predicted octanol–water partition coefficient (Wildman–Crippen LogP) is 4.50. The van der Waals surface area contributed by atoms with Crippen LogP contribution in [0.5, 0.6) is 5.75 Å². The number of aryl methyl sites for hydroxylation is 3. The summed E-state index contributed by atoms with van der Waals surface area (Å²) in [5.41, 5.74) is 4.14. The standard InChI is InChI=1S/C29H32N2O5/c1-16-5-7-23-24(12-16)28(34)31(27(23)33)25-8-6-22(13-19(25)4)36-29(35)20-14-26(32)30(15-20)21-10-17(2)9-18(3)11-21/h6,8-11,13,16,20,23-24H,5,7,12,14-15H2,1-4H3/t16-,20-,23-,24-/m1/s1. The van der Waals surface area contributed by atoms with Gasteiger partial charge in [-0.25, -0.2) is 4.90 Å². The topological polar surface area (TPSA) is 84.0 Å². The van der Waals surface area contributed by atoms with Crippen molar-refractivity contribution in [2.24, 2.45) is 23.7 Å². The fourth-order valence-corrected chi connectivity index (χ4v) is 5.99. The van der Waals surface area contributed by atoms with Crippen molar-refractivity contribution in [3.05, 3.63) is 53.1 Å². The summed E-state index contributed by atoms with van der Waals surface area (Å²) in [7, 11) is 0. The smallest absolute Gasteiger partial charge is 0.316 e. The highest BCUT2D eigenvalue weighted by atomic mass is 16.5. The lowest BCUT2D eigenvalue weighted by Gasteiger charge is -2.25. The first-order valence-corrected chi connectivity index (χ1v) is 12.7. The highest BCUT2D eigenvalue weighted by Crippen LogP contribution is 2.43. The quantitative estimate of drug-likeness (QED) is 0.360. The van der Waals surface area contributed by atoms with Crippen LogP contribution in [0, 0.1) is 44.4 Å². The summed E-state index contributed by atoms with van der Waals surface area (Å²) in [5, 5.41) is 0. The number of anilines is 2. The maximum absolute atomic E-state index is 13.1. The van der Waals surface area contributed by atoms with Crippen LogP contribution in [0.4, 0.5) is 11.4 Å². The van der Waals surface area contributed by atoms with Gasteiger partial charge in [0, 0.05) is 18.7 Å². The SMILES string of the molecule is Cc1cc(C)cc(N2C[C@H](C(=O)Oc3ccc(N4C(=O)[C@@H]5CC[C@@H](C)C[C@H]5C4=O)c(C)c3)CC2=O)c1. The fraction of sp³-hybridized carbons (Fsp3) is 0.448. The molecular weight excluding hydrogens is 456 g/mol. The molecule has 2 heterocycles. The van der Waals surface area contributed by atoms with E-state index in [1.54, 1.807) is 30.0 Å². The van der Waals surface area contributed by atoms with Crippen molar-refractivity contribution in [2.75, 3.05) is 16.3 Å². The molecule has 188 valence electrons. The first kappa shape index (κ1) is 24.2. The number of hydrogen-bond acceptors (Lipinski definition) is 5. The second-order valence-electron chi connectivity index (χ2n) is 10.8. The largest absolute Gasteiger partial charge is 0.426 e. The lowest BCUT2D eigenvalue weighted by molar-refractivity contribution is -0.139. The Morgan fingerprint density at radius 1 is 0.917 bits per heavy atom. The van der Waals surface area contributed by atoms with Crippen LogP contribution in [0.2, 0.25) is 0 Å².